The molecule has 1 aromatic heterocycles. The van der Waals surface area contributed by atoms with Crippen molar-refractivity contribution in [3.05, 3.63) is 17.9 Å². The molecule has 2 unspecified atom stereocenters. The van der Waals surface area contributed by atoms with Gasteiger partial charge in [0, 0.05) is 23.7 Å². The molecule has 5 atom stereocenters. The highest BCUT2D eigenvalue weighted by atomic mass is 31.2. The van der Waals surface area contributed by atoms with E-state index >= 15 is 0 Å². The molecule has 1 aliphatic heterocycles. The summed E-state index contributed by atoms with van der Waals surface area (Å²) < 4.78 is 38.7. The van der Waals surface area contributed by atoms with E-state index in [0.717, 1.165) is 0 Å². The summed E-state index contributed by atoms with van der Waals surface area (Å²) in [5.41, 5.74) is 11.4. The summed E-state index contributed by atoms with van der Waals surface area (Å²) >= 11 is 0. The average Bonchev–Trinajstić information content (AvgIpc) is 3.06. The topological polar surface area (TPSA) is 242 Å². The first kappa shape index (κ1) is 26.5. The standard InChI is InChI=1S/C15H25N5O10P2/c16-9(14(21)22)3-1-2-5-18-15-19-12(17)4-6-20(15)13-7-10(30-32(25,26)27)11(29-13)8-28-31(23)24/h4,6,9-11,13H,1-3,5,7-8,16H2,(H5-,17,18,19,21,22,23,24,25,26,27)/p+1/t9-,10?,11+,13+/m0/s1. The smallest absolute Gasteiger partial charge is 0.480 e. The highest BCUT2D eigenvalue weighted by molar-refractivity contribution is 7.46. The Bertz CT molecular complexity index is 922. The van der Waals surface area contributed by atoms with Crippen molar-refractivity contribution in [2.24, 2.45) is 10.7 Å². The van der Waals surface area contributed by atoms with Gasteiger partial charge in [0.15, 0.2) is 0 Å². The second-order valence-electron chi connectivity index (χ2n) is 6.91. The summed E-state index contributed by atoms with van der Waals surface area (Å²) in [6.07, 6.45) is -0.172. The van der Waals surface area contributed by atoms with Crippen molar-refractivity contribution >= 4 is 27.9 Å². The number of aromatic nitrogens is 2. The molecule has 1 saturated heterocycles. The van der Waals surface area contributed by atoms with E-state index in [1.807, 2.05) is 0 Å². The summed E-state index contributed by atoms with van der Waals surface area (Å²) in [4.78, 5) is 46.4. The van der Waals surface area contributed by atoms with E-state index in [1.54, 1.807) is 0 Å². The number of nitrogens with zero attached hydrogens (tertiary/aromatic N) is 3. The van der Waals surface area contributed by atoms with Crippen LogP contribution in [0.15, 0.2) is 17.3 Å². The Labute approximate surface area is 183 Å². The van der Waals surface area contributed by atoms with Crippen LogP contribution in [-0.2, 0) is 27.7 Å². The lowest BCUT2D eigenvalue weighted by molar-refractivity contribution is -0.138. The molecule has 0 spiro atoms. The molecule has 8 N–H and O–H groups in total. The summed E-state index contributed by atoms with van der Waals surface area (Å²) in [6, 6.07) is 0.526. The number of ether oxygens (including phenoxy) is 1. The van der Waals surface area contributed by atoms with Crippen molar-refractivity contribution in [1.82, 2.24) is 9.55 Å². The van der Waals surface area contributed by atoms with Crippen LogP contribution in [0.1, 0.15) is 31.9 Å². The van der Waals surface area contributed by atoms with Gasteiger partial charge in [-0.05, 0) is 25.3 Å². The van der Waals surface area contributed by atoms with Gasteiger partial charge in [0.2, 0.25) is 5.62 Å². The molecule has 180 valence electrons. The SMILES string of the molecule is Nc1ccn([C@H]2CC(OP(=O)(O)O)[C@@H](CO[P+](=O)O)O2)c(=NCCCC[C@H](N)C(=O)O)n1. The molecule has 2 heterocycles. The number of aliphatic carboxylic acids is 1. The number of phosphoric ester groups is 1. The molecule has 0 amide bonds. The van der Waals surface area contributed by atoms with Gasteiger partial charge in [-0.1, -0.05) is 0 Å². The number of nitrogens with two attached hydrogens (primary N) is 2. The van der Waals surface area contributed by atoms with E-state index in [-0.39, 0.29) is 30.8 Å². The van der Waals surface area contributed by atoms with Gasteiger partial charge in [-0.2, -0.15) is 4.98 Å². The van der Waals surface area contributed by atoms with Crippen LogP contribution in [-0.4, -0.2) is 66.7 Å². The predicted octanol–water partition coefficient (Wildman–Crippen LogP) is -0.620. The number of carboxylic acids is 1. The van der Waals surface area contributed by atoms with Gasteiger partial charge in [-0.3, -0.25) is 18.9 Å². The minimum atomic E-state index is -4.87. The minimum absolute atomic E-state index is 0.0341. The van der Waals surface area contributed by atoms with Gasteiger partial charge in [0.25, 0.3) is 0 Å². The first-order chi connectivity index (χ1) is 15.0. The number of anilines is 1. The van der Waals surface area contributed by atoms with Crippen molar-refractivity contribution in [3.8, 4) is 0 Å². The highest BCUT2D eigenvalue weighted by Gasteiger charge is 2.42. The summed E-state index contributed by atoms with van der Waals surface area (Å²) in [7, 11) is -7.82. The van der Waals surface area contributed by atoms with Gasteiger partial charge in [-0.15, -0.1) is 9.42 Å². The summed E-state index contributed by atoms with van der Waals surface area (Å²) in [6.45, 7) is -0.151. The summed E-state index contributed by atoms with van der Waals surface area (Å²) in [5.74, 6) is -0.905. The van der Waals surface area contributed by atoms with Gasteiger partial charge >= 0.3 is 22.0 Å². The zero-order chi connectivity index (χ0) is 23.9. The molecule has 0 radical (unpaired) electrons. The van der Waals surface area contributed by atoms with E-state index in [9.17, 15) is 13.9 Å². The molecule has 1 aromatic rings. The average molecular weight is 498 g/mol. The van der Waals surface area contributed by atoms with Gasteiger partial charge in [-0.25, -0.2) is 4.57 Å². The number of hydrogen-bond donors (Lipinski definition) is 6. The van der Waals surface area contributed by atoms with E-state index < -0.39 is 53.1 Å². The van der Waals surface area contributed by atoms with Gasteiger partial charge in [0.05, 0.1) is 0 Å². The Kier molecular flexibility index (Phi) is 9.83. The van der Waals surface area contributed by atoms with E-state index in [4.69, 9.17) is 40.5 Å². The van der Waals surface area contributed by atoms with Crippen LogP contribution in [0.4, 0.5) is 5.82 Å². The van der Waals surface area contributed by atoms with Crippen LogP contribution < -0.4 is 17.1 Å². The largest absolute Gasteiger partial charge is 0.694 e. The third-order valence-electron chi connectivity index (χ3n) is 4.47. The highest BCUT2D eigenvalue weighted by Crippen LogP contribution is 2.43. The maximum atomic E-state index is 11.3. The number of rotatable bonds is 12. The van der Waals surface area contributed by atoms with Crippen molar-refractivity contribution in [2.75, 3.05) is 18.9 Å². The summed E-state index contributed by atoms with van der Waals surface area (Å²) in [5, 5.41) is 8.80. The van der Waals surface area contributed by atoms with Crippen molar-refractivity contribution in [3.63, 3.8) is 0 Å². The van der Waals surface area contributed by atoms with Crippen molar-refractivity contribution in [1.29, 1.82) is 0 Å². The molecule has 0 bridgehead atoms. The quantitative estimate of drug-likeness (QED) is 0.156. The van der Waals surface area contributed by atoms with Crippen molar-refractivity contribution in [2.45, 2.75) is 50.2 Å². The van der Waals surface area contributed by atoms with Crippen LogP contribution in [0.25, 0.3) is 0 Å². The van der Waals surface area contributed by atoms with E-state index in [1.165, 1.54) is 16.8 Å². The Hall–Kier alpha value is -1.80. The van der Waals surface area contributed by atoms with Crippen LogP contribution in [0.3, 0.4) is 0 Å². The zero-order valence-corrected chi connectivity index (χ0v) is 18.6. The number of carboxylic acid groups (broad SMARTS) is 1. The molecule has 0 aromatic carbocycles. The monoisotopic (exact) mass is 498 g/mol. The van der Waals surface area contributed by atoms with E-state index in [0.29, 0.717) is 12.8 Å². The number of unbranched alkanes of at least 4 members (excludes halogenated alkanes) is 1. The molecular formula is C15H26N5O10P2+. The van der Waals surface area contributed by atoms with Crippen LogP contribution in [0, 0.1) is 0 Å². The Morgan fingerprint density at radius 2 is 2.19 bits per heavy atom. The lowest BCUT2D eigenvalue weighted by Gasteiger charge is -2.16. The Balaban J connectivity index is 2.14. The normalized spacial score (nSPS) is 23.3. The molecule has 32 heavy (non-hydrogen) atoms. The van der Waals surface area contributed by atoms with Crippen LogP contribution >= 0.6 is 16.1 Å². The predicted molar refractivity (Wildman–Crippen MR) is 108 cm³/mol. The molecule has 17 heteroatoms. The van der Waals surface area contributed by atoms with Crippen LogP contribution in [0.2, 0.25) is 0 Å². The number of carbonyl (C=O) groups is 1. The molecule has 1 fully saturated rings. The maximum absolute atomic E-state index is 11.3. The zero-order valence-electron chi connectivity index (χ0n) is 16.8. The van der Waals surface area contributed by atoms with Gasteiger partial charge in [0.1, 0.15) is 36.9 Å². The third-order valence-corrected chi connectivity index (χ3v) is 5.39. The Morgan fingerprint density at radius 3 is 2.81 bits per heavy atom. The minimum Gasteiger partial charge on any atom is -0.480 e. The fourth-order valence-corrected chi connectivity index (χ4v) is 3.85. The lowest BCUT2D eigenvalue weighted by atomic mass is 10.1. The number of hydrogen-bond acceptors (Lipinski definition) is 10. The molecule has 2 rings (SSSR count). The molecule has 0 aliphatic carbocycles. The first-order valence-corrected chi connectivity index (χ1v) is 12.1. The first-order valence-electron chi connectivity index (χ1n) is 9.48. The third kappa shape index (κ3) is 8.62. The number of nitrogen functional groups attached to an aromatic ring is 1. The molecule has 0 saturated carbocycles. The molecular weight excluding hydrogens is 472 g/mol. The van der Waals surface area contributed by atoms with E-state index in [2.05, 4.69) is 14.5 Å². The maximum Gasteiger partial charge on any atom is 0.694 e. The molecule has 1 aliphatic rings. The fraction of sp³-hybridized carbons (Fsp3) is 0.667. The lowest BCUT2D eigenvalue weighted by Crippen LogP contribution is -2.30. The molecule has 15 nitrogen and oxygen atoms in total. The Morgan fingerprint density at radius 1 is 1.47 bits per heavy atom. The second-order valence-corrected chi connectivity index (χ2v) is 8.84. The van der Waals surface area contributed by atoms with Crippen LogP contribution in [0.5, 0.6) is 0 Å². The second kappa shape index (κ2) is 11.9. The fourth-order valence-electron chi connectivity index (χ4n) is 3.00. The van der Waals surface area contributed by atoms with Gasteiger partial charge < -0.3 is 31.1 Å². The van der Waals surface area contributed by atoms with Crippen molar-refractivity contribution < 1.29 is 47.5 Å². The number of phosphoric acid groups is 1.